The van der Waals surface area contributed by atoms with Crippen LogP contribution in [0.25, 0.3) is 6.08 Å². The summed E-state index contributed by atoms with van der Waals surface area (Å²) in [4.78, 5) is 9.95. The molecule has 2 rings (SSSR count). The largest absolute Gasteiger partial charge is 0.507 e. The summed E-state index contributed by atoms with van der Waals surface area (Å²) in [7, 11) is 0. The molecule has 118 valence electrons. The number of benzene rings is 2. The van der Waals surface area contributed by atoms with Crippen LogP contribution in [0.15, 0.2) is 48.5 Å². The van der Waals surface area contributed by atoms with Crippen molar-refractivity contribution in [3.63, 3.8) is 0 Å². The molecule has 0 unspecified atom stereocenters. The highest BCUT2D eigenvalue weighted by molar-refractivity contribution is 5.60. The number of phenolic OH excluding ortho intramolecular Hbond substituents is 1. The molecule has 0 saturated carbocycles. The first kappa shape index (κ1) is 18.0. The summed E-state index contributed by atoms with van der Waals surface area (Å²) >= 11 is 0. The maximum atomic E-state index is 10.4. The van der Waals surface area contributed by atoms with Crippen molar-refractivity contribution in [1.29, 1.82) is 0 Å². The van der Waals surface area contributed by atoms with E-state index in [1.807, 2.05) is 44.2 Å². The van der Waals surface area contributed by atoms with Gasteiger partial charge in [-0.15, -0.1) is 6.42 Å². The fourth-order valence-electron chi connectivity index (χ4n) is 1.77. The van der Waals surface area contributed by atoms with Gasteiger partial charge >= 0.3 is 0 Å². The van der Waals surface area contributed by atoms with Gasteiger partial charge in [0.15, 0.2) is 0 Å². The van der Waals surface area contributed by atoms with Crippen LogP contribution < -0.4 is 0 Å². The van der Waals surface area contributed by atoms with Gasteiger partial charge in [0.25, 0.3) is 5.69 Å². The third kappa shape index (κ3) is 5.68. The van der Waals surface area contributed by atoms with Crippen molar-refractivity contribution in [2.24, 2.45) is 0 Å². The van der Waals surface area contributed by atoms with Crippen molar-refractivity contribution >= 4 is 11.8 Å². The summed E-state index contributed by atoms with van der Waals surface area (Å²) in [5, 5.41) is 19.8. The van der Waals surface area contributed by atoms with Crippen LogP contribution >= 0.6 is 0 Å². The molecule has 23 heavy (non-hydrogen) atoms. The Kier molecular flexibility index (Phi) is 7.09. The maximum absolute atomic E-state index is 10.4. The zero-order chi connectivity index (χ0) is 17.2. The van der Waals surface area contributed by atoms with E-state index in [4.69, 9.17) is 6.42 Å². The second-order valence-electron chi connectivity index (χ2n) is 4.77. The van der Waals surface area contributed by atoms with E-state index in [1.54, 1.807) is 6.08 Å². The van der Waals surface area contributed by atoms with Crippen molar-refractivity contribution in [1.82, 2.24) is 0 Å². The third-order valence-electron chi connectivity index (χ3n) is 3.06. The topological polar surface area (TPSA) is 63.4 Å². The first-order chi connectivity index (χ1) is 11.0. The van der Waals surface area contributed by atoms with Crippen molar-refractivity contribution in [3.8, 4) is 18.1 Å². The number of rotatable bonds is 3. The Morgan fingerprint density at radius 2 is 2.00 bits per heavy atom. The van der Waals surface area contributed by atoms with Gasteiger partial charge in [0, 0.05) is 23.3 Å². The average Bonchev–Trinajstić information content (AvgIpc) is 2.55. The number of nitrogens with zero attached hydrogens (tertiary/aromatic N) is 1. The number of hydrogen-bond acceptors (Lipinski definition) is 3. The summed E-state index contributed by atoms with van der Waals surface area (Å²) in [5.41, 5.74) is 2.61. The van der Waals surface area contributed by atoms with Crippen molar-refractivity contribution < 1.29 is 10.0 Å². The Morgan fingerprint density at radius 3 is 2.52 bits per heavy atom. The molecule has 0 bridgehead atoms. The maximum Gasteiger partial charge on any atom is 0.270 e. The molecule has 0 spiro atoms. The first-order valence-electron chi connectivity index (χ1n) is 7.15. The molecule has 0 aromatic heterocycles. The molecule has 0 amide bonds. The Labute approximate surface area is 136 Å². The Hall–Kier alpha value is -3.06. The second kappa shape index (κ2) is 9.06. The quantitative estimate of drug-likeness (QED) is 0.508. The lowest BCUT2D eigenvalue weighted by atomic mass is 10.1. The molecule has 4 nitrogen and oxygen atoms in total. The van der Waals surface area contributed by atoms with Crippen LogP contribution in [-0.4, -0.2) is 10.0 Å². The minimum Gasteiger partial charge on any atom is -0.507 e. The van der Waals surface area contributed by atoms with Gasteiger partial charge in [-0.1, -0.05) is 43.2 Å². The predicted molar refractivity (Wildman–Crippen MR) is 93.2 cm³/mol. The normalized spacial score (nSPS) is 9.78. The average molecular weight is 309 g/mol. The fourth-order valence-corrected chi connectivity index (χ4v) is 1.77. The molecular weight excluding hydrogens is 290 g/mol. The van der Waals surface area contributed by atoms with E-state index in [0.29, 0.717) is 5.56 Å². The monoisotopic (exact) mass is 309 g/mol. The van der Waals surface area contributed by atoms with E-state index in [-0.39, 0.29) is 11.4 Å². The summed E-state index contributed by atoms with van der Waals surface area (Å²) in [5.74, 6) is 2.65. The van der Waals surface area contributed by atoms with Gasteiger partial charge in [0.2, 0.25) is 0 Å². The van der Waals surface area contributed by atoms with Crippen molar-refractivity contribution in [2.45, 2.75) is 20.3 Å². The summed E-state index contributed by atoms with van der Waals surface area (Å²) in [6, 6.07) is 11.8. The minimum atomic E-state index is -0.483. The van der Waals surface area contributed by atoms with Crippen LogP contribution in [0.4, 0.5) is 5.69 Å². The van der Waals surface area contributed by atoms with Gasteiger partial charge in [-0.3, -0.25) is 10.1 Å². The van der Waals surface area contributed by atoms with Gasteiger partial charge in [-0.25, -0.2) is 0 Å². The Morgan fingerprint density at radius 1 is 1.30 bits per heavy atom. The molecule has 2 aromatic rings. The smallest absolute Gasteiger partial charge is 0.270 e. The van der Waals surface area contributed by atoms with Gasteiger partial charge in [0.05, 0.1) is 4.92 Å². The Bertz CT molecular complexity index is 743. The van der Waals surface area contributed by atoms with Crippen molar-refractivity contribution in [3.05, 3.63) is 75.3 Å². The molecule has 0 heterocycles. The van der Waals surface area contributed by atoms with E-state index >= 15 is 0 Å². The van der Waals surface area contributed by atoms with Crippen molar-refractivity contribution in [2.75, 3.05) is 0 Å². The zero-order valence-corrected chi connectivity index (χ0v) is 13.2. The van der Waals surface area contributed by atoms with Gasteiger partial charge in [-0.05, 0) is 31.0 Å². The standard InChI is InChI=1S/C10H11NO3.C9H8/c1-2-3-4-8-7-9(11(13)14)5-6-10(8)12;1-3-9-7-5-4-6-8(9)2/h3-7,12H,2H2,1H3;1,4-7H,2H3/b4-3-;. The van der Waals surface area contributed by atoms with Crippen LogP contribution in [0.1, 0.15) is 30.0 Å². The van der Waals surface area contributed by atoms with Crippen LogP contribution in [0.5, 0.6) is 5.75 Å². The predicted octanol–water partition coefficient (Wildman–Crippen LogP) is 4.70. The molecule has 0 aliphatic heterocycles. The molecule has 0 aliphatic carbocycles. The molecule has 1 N–H and O–H groups in total. The number of aromatic hydroxyl groups is 1. The highest BCUT2D eigenvalue weighted by Crippen LogP contribution is 2.24. The first-order valence-corrected chi connectivity index (χ1v) is 7.15. The van der Waals surface area contributed by atoms with Crippen LogP contribution in [0, 0.1) is 29.4 Å². The summed E-state index contributed by atoms with van der Waals surface area (Å²) in [6.45, 7) is 3.96. The lowest BCUT2D eigenvalue weighted by molar-refractivity contribution is -0.384. The van der Waals surface area contributed by atoms with Gasteiger partial charge in [-0.2, -0.15) is 0 Å². The van der Waals surface area contributed by atoms with Gasteiger partial charge in [0.1, 0.15) is 5.75 Å². The number of non-ortho nitro benzene ring substituents is 1. The molecule has 4 heteroatoms. The molecule has 0 fully saturated rings. The van der Waals surface area contributed by atoms with E-state index in [1.165, 1.54) is 23.8 Å². The zero-order valence-electron chi connectivity index (χ0n) is 13.2. The molecular formula is C19H19NO3. The van der Waals surface area contributed by atoms with E-state index in [9.17, 15) is 15.2 Å². The van der Waals surface area contributed by atoms with Gasteiger partial charge < -0.3 is 5.11 Å². The van der Waals surface area contributed by atoms with Crippen LogP contribution in [0.3, 0.4) is 0 Å². The number of nitro groups is 1. The second-order valence-corrected chi connectivity index (χ2v) is 4.77. The number of allylic oxidation sites excluding steroid dienone is 1. The number of terminal acetylenes is 1. The lowest BCUT2D eigenvalue weighted by Gasteiger charge is -1.98. The summed E-state index contributed by atoms with van der Waals surface area (Å²) < 4.78 is 0. The molecule has 0 radical (unpaired) electrons. The molecule has 0 atom stereocenters. The third-order valence-corrected chi connectivity index (χ3v) is 3.06. The highest BCUT2D eigenvalue weighted by atomic mass is 16.6. The lowest BCUT2D eigenvalue weighted by Crippen LogP contribution is -1.88. The number of aryl methyl sites for hydroxylation is 1. The SMILES string of the molecule is C#Cc1ccccc1C.CC/C=C\c1cc([N+](=O)[O-])ccc1O. The van der Waals surface area contributed by atoms with E-state index < -0.39 is 4.92 Å². The number of nitro benzene ring substituents is 1. The van der Waals surface area contributed by atoms with Crippen LogP contribution in [0.2, 0.25) is 0 Å². The number of phenols is 1. The summed E-state index contributed by atoms with van der Waals surface area (Å²) in [6.07, 6.45) is 9.52. The number of hydrogen-bond donors (Lipinski definition) is 1. The molecule has 2 aromatic carbocycles. The van der Waals surface area contributed by atoms with E-state index in [0.717, 1.165) is 12.0 Å². The van der Waals surface area contributed by atoms with E-state index in [2.05, 4.69) is 5.92 Å². The highest BCUT2D eigenvalue weighted by Gasteiger charge is 2.07. The fraction of sp³-hybridized carbons (Fsp3) is 0.158. The van der Waals surface area contributed by atoms with Crippen LogP contribution in [-0.2, 0) is 0 Å². The molecule has 0 aliphatic rings. The minimum absolute atomic E-state index is 0.0152. The molecule has 0 saturated heterocycles. The Balaban J connectivity index is 0.000000253.